The Labute approximate surface area is 125 Å². The van der Waals surface area contributed by atoms with Gasteiger partial charge in [-0.3, -0.25) is 0 Å². The normalized spacial score (nSPS) is 12.8. The summed E-state index contributed by atoms with van der Waals surface area (Å²) in [6.45, 7) is 2.17. The van der Waals surface area contributed by atoms with Crippen molar-refractivity contribution in [1.82, 2.24) is 5.32 Å². The minimum absolute atomic E-state index is 0. The van der Waals surface area contributed by atoms with Crippen molar-refractivity contribution in [2.24, 2.45) is 0 Å². The van der Waals surface area contributed by atoms with Crippen LogP contribution in [0.2, 0.25) is 0 Å². The zero-order valence-corrected chi connectivity index (χ0v) is 13.0. The molecule has 1 aromatic carbocycles. The molecule has 90 valence electrons. The van der Waals surface area contributed by atoms with Crippen molar-refractivity contribution in [2.75, 3.05) is 12.3 Å². The van der Waals surface area contributed by atoms with Crippen LogP contribution in [0.25, 0.3) is 0 Å². The minimum atomic E-state index is -4.11. The van der Waals surface area contributed by atoms with Crippen LogP contribution in [0.15, 0.2) is 30.3 Å². The number of nitrogens with one attached hydrogen (secondary N) is 1. The van der Waals surface area contributed by atoms with Crippen LogP contribution in [0.3, 0.4) is 0 Å². The van der Waals surface area contributed by atoms with E-state index in [0.29, 0.717) is 0 Å². The second-order valence-electron chi connectivity index (χ2n) is 3.81. The molecule has 17 heavy (non-hydrogen) atoms. The minimum Gasteiger partial charge on any atom is -0.748 e. The van der Waals surface area contributed by atoms with Crippen molar-refractivity contribution in [3.05, 3.63) is 35.9 Å². The Morgan fingerprint density at radius 2 is 1.88 bits per heavy atom. The Morgan fingerprint density at radius 3 is 2.41 bits per heavy atom. The molecule has 0 heterocycles. The fourth-order valence-electron chi connectivity index (χ4n) is 1.47. The van der Waals surface area contributed by atoms with Crippen molar-refractivity contribution in [3.8, 4) is 0 Å². The van der Waals surface area contributed by atoms with Gasteiger partial charge in [0.1, 0.15) is 0 Å². The molecule has 0 aliphatic rings. The van der Waals surface area contributed by atoms with Crippen LogP contribution in [0.1, 0.15) is 12.5 Å². The first-order valence-electron chi connectivity index (χ1n) is 5.18. The van der Waals surface area contributed by atoms with E-state index < -0.39 is 10.1 Å². The quantitative estimate of drug-likeness (QED) is 0.466. The Morgan fingerprint density at radius 1 is 1.29 bits per heavy atom. The van der Waals surface area contributed by atoms with E-state index in [4.69, 9.17) is 0 Å². The Kier molecular flexibility index (Phi) is 8.28. The van der Waals surface area contributed by atoms with Gasteiger partial charge in [-0.05, 0) is 18.9 Å². The third-order valence-corrected chi connectivity index (χ3v) is 2.93. The monoisotopic (exact) mass is 265 g/mol. The topological polar surface area (TPSA) is 69.2 Å². The number of benzene rings is 1. The molecular weight excluding hydrogens is 249 g/mol. The van der Waals surface area contributed by atoms with Gasteiger partial charge in [0, 0.05) is 12.6 Å². The van der Waals surface area contributed by atoms with Crippen LogP contribution in [0, 0.1) is 0 Å². The Balaban J connectivity index is 0.00000256. The third-order valence-electron chi connectivity index (χ3n) is 2.23. The fraction of sp³-hybridized carbons (Fsp3) is 0.455. The summed E-state index contributed by atoms with van der Waals surface area (Å²) in [4.78, 5) is 0. The predicted octanol–water partition coefficient (Wildman–Crippen LogP) is -2.24. The molecule has 0 aromatic heterocycles. The first-order chi connectivity index (χ1) is 7.47. The van der Waals surface area contributed by atoms with Gasteiger partial charge >= 0.3 is 29.6 Å². The fourth-order valence-corrected chi connectivity index (χ4v) is 1.84. The molecule has 0 fully saturated rings. The molecule has 0 saturated carbocycles. The smallest absolute Gasteiger partial charge is 0.748 e. The maximum atomic E-state index is 10.4. The molecule has 0 spiro atoms. The molecule has 1 aromatic rings. The summed E-state index contributed by atoms with van der Waals surface area (Å²) in [6.07, 6.45) is 0.819. The van der Waals surface area contributed by atoms with Crippen LogP contribution in [-0.4, -0.2) is 31.3 Å². The predicted molar refractivity (Wildman–Crippen MR) is 62.2 cm³/mol. The molecule has 6 heteroatoms. The van der Waals surface area contributed by atoms with Crippen LogP contribution < -0.4 is 34.9 Å². The molecule has 0 bridgehead atoms. The van der Waals surface area contributed by atoms with Crippen molar-refractivity contribution in [1.29, 1.82) is 0 Å². The van der Waals surface area contributed by atoms with Crippen molar-refractivity contribution >= 4 is 10.1 Å². The molecule has 0 radical (unpaired) electrons. The van der Waals surface area contributed by atoms with Gasteiger partial charge in [0.2, 0.25) is 0 Å². The number of rotatable bonds is 6. The van der Waals surface area contributed by atoms with Crippen LogP contribution in [0.5, 0.6) is 0 Å². The second kappa shape index (κ2) is 8.24. The van der Waals surface area contributed by atoms with E-state index in [1.165, 1.54) is 5.56 Å². The average molecular weight is 265 g/mol. The van der Waals surface area contributed by atoms with Crippen molar-refractivity contribution in [2.45, 2.75) is 19.4 Å². The standard InChI is InChI=1S/C11H17NO3S.Na/c1-10(12-7-8-16(13,14)15)9-11-5-3-2-4-6-11;/h2-6,10,12H,7-9H2,1H3,(H,13,14,15);/q;+1/p-1. The summed E-state index contributed by atoms with van der Waals surface area (Å²) in [5, 5.41) is 3.01. The zero-order valence-electron chi connectivity index (χ0n) is 10.2. The van der Waals surface area contributed by atoms with Gasteiger partial charge < -0.3 is 9.87 Å². The molecule has 1 N–H and O–H groups in total. The summed E-state index contributed by atoms with van der Waals surface area (Å²) in [5.41, 5.74) is 1.19. The molecule has 1 atom stereocenters. The van der Waals surface area contributed by atoms with Crippen molar-refractivity contribution in [3.63, 3.8) is 0 Å². The second-order valence-corrected chi connectivity index (χ2v) is 5.33. The van der Waals surface area contributed by atoms with E-state index in [2.05, 4.69) is 5.32 Å². The first-order valence-corrected chi connectivity index (χ1v) is 6.76. The maximum Gasteiger partial charge on any atom is 1.00 e. The van der Waals surface area contributed by atoms with E-state index in [-0.39, 0.29) is 47.9 Å². The number of hydrogen-bond acceptors (Lipinski definition) is 4. The molecule has 0 amide bonds. The van der Waals surface area contributed by atoms with E-state index in [1.807, 2.05) is 37.3 Å². The van der Waals surface area contributed by atoms with Gasteiger partial charge in [-0.2, -0.15) is 0 Å². The van der Waals surface area contributed by atoms with Gasteiger partial charge in [0.15, 0.2) is 0 Å². The van der Waals surface area contributed by atoms with E-state index in [9.17, 15) is 13.0 Å². The zero-order chi connectivity index (χ0) is 12.0. The van der Waals surface area contributed by atoms with Crippen LogP contribution in [-0.2, 0) is 16.5 Å². The molecule has 4 nitrogen and oxygen atoms in total. The Bertz CT molecular complexity index is 408. The van der Waals surface area contributed by atoms with Gasteiger partial charge in [-0.15, -0.1) is 0 Å². The van der Waals surface area contributed by atoms with Crippen LogP contribution >= 0.6 is 0 Å². The molecular formula is C11H16NNaO3S. The van der Waals surface area contributed by atoms with Gasteiger partial charge in [0.05, 0.1) is 15.9 Å². The summed E-state index contributed by atoms with van der Waals surface area (Å²) in [6, 6.07) is 10.1. The molecule has 1 rings (SSSR count). The average Bonchev–Trinajstić information content (AvgIpc) is 2.17. The largest absolute Gasteiger partial charge is 1.00 e. The van der Waals surface area contributed by atoms with E-state index >= 15 is 0 Å². The molecule has 0 aliphatic carbocycles. The Hall–Kier alpha value is 0.0900. The maximum absolute atomic E-state index is 10.4. The summed E-state index contributed by atoms with van der Waals surface area (Å²) < 4.78 is 31.1. The first kappa shape index (κ1) is 17.1. The SMILES string of the molecule is CC(Cc1ccccc1)NCCS(=O)(=O)[O-].[Na+]. The number of hydrogen-bond donors (Lipinski definition) is 1. The summed E-state index contributed by atoms with van der Waals surface area (Å²) >= 11 is 0. The summed E-state index contributed by atoms with van der Waals surface area (Å²) in [5.74, 6) is -0.355. The third kappa shape index (κ3) is 8.77. The van der Waals surface area contributed by atoms with Gasteiger partial charge in [-0.25, -0.2) is 8.42 Å². The molecule has 0 aliphatic heterocycles. The van der Waals surface area contributed by atoms with E-state index in [1.54, 1.807) is 0 Å². The summed E-state index contributed by atoms with van der Waals surface area (Å²) in [7, 11) is -4.11. The van der Waals surface area contributed by atoms with Crippen molar-refractivity contribution < 1.29 is 42.5 Å². The van der Waals surface area contributed by atoms with Gasteiger partial charge in [-0.1, -0.05) is 30.3 Å². The van der Waals surface area contributed by atoms with Crippen LogP contribution in [0.4, 0.5) is 0 Å². The molecule has 1 unspecified atom stereocenters. The molecule has 0 saturated heterocycles. The van der Waals surface area contributed by atoms with Gasteiger partial charge in [0.25, 0.3) is 0 Å². The van der Waals surface area contributed by atoms with E-state index in [0.717, 1.165) is 6.42 Å².